The molecule has 0 aromatic carbocycles. The van der Waals surface area contributed by atoms with Gasteiger partial charge >= 0.3 is 0 Å². The molecule has 4 heterocycles. The smallest absolute Gasteiger partial charge is 0.274 e. The van der Waals surface area contributed by atoms with Crippen molar-refractivity contribution >= 4 is 28.6 Å². The number of carbonyl (C=O) groups excluding carboxylic acids is 1. The van der Waals surface area contributed by atoms with Crippen LogP contribution in [0.3, 0.4) is 0 Å². The third kappa shape index (κ3) is 3.69. The van der Waals surface area contributed by atoms with Crippen molar-refractivity contribution in [3.63, 3.8) is 0 Å². The van der Waals surface area contributed by atoms with Gasteiger partial charge in [-0.2, -0.15) is 0 Å². The molecule has 0 unspecified atom stereocenters. The van der Waals surface area contributed by atoms with E-state index >= 15 is 0 Å². The van der Waals surface area contributed by atoms with Crippen molar-refractivity contribution in [1.29, 1.82) is 0 Å². The molecule has 0 saturated carbocycles. The average Bonchev–Trinajstić information content (AvgIpc) is 3.15. The van der Waals surface area contributed by atoms with Crippen LogP contribution < -0.4 is 16.4 Å². The van der Waals surface area contributed by atoms with E-state index in [4.69, 9.17) is 5.73 Å². The van der Waals surface area contributed by atoms with E-state index in [0.29, 0.717) is 23.7 Å². The van der Waals surface area contributed by atoms with Crippen LogP contribution in [0.4, 0.5) is 17.2 Å². The molecule has 27 heavy (non-hydrogen) atoms. The predicted molar refractivity (Wildman–Crippen MR) is 103 cm³/mol. The van der Waals surface area contributed by atoms with Crippen molar-refractivity contribution < 1.29 is 4.79 Å². The van der Waals surface area contributed by atoms with Crippen molar-refractivity contribution in [2.45, 2.75) is 6.54 Å². The van der Waals surface area contributed by atoms with Gasteiger partial charge in [0.2, 0.25) is 0 Å². The van der Waals surface area contributed by atoms with Gasteiger partial charge in [-0.3, -0.25) is 9.78 Å². The molecule has 0 atom stereocenters. The molecule has 0 aliphatic heterocycles. The maximum atomic E-state index is 12.5. The Kier molecular flexibility index (Phi) is 4.36. The number of carbonyl (C=O) groups is 1. The van der Waals surface area contributed by atoms with Crippen LogP contribution in [-0.4, -0.2) is 25.3 Å². The van der Waals surface area contributed by atoms with E-state index in [-0.39, 0.29) is 5.91 Å². The minimum absolute atomic E-state index is 0.277. The summed E-state index contributed by atoms with van der Waals surface area (Å²) in [6.07, 6.45) is 6.77. The molecular formula is C19H17N7O. The van der Waals surface area contributed by atoms with Crippen LogP contribution >= 0.6 is 0 Å². The molecule has 0 aliphatic rings. The predicted octanol–water partition coefficient (Wildman–Crippen LogP) is 2.57. The normalized spacial score (nSPS) is 10.7. The lowest BCUT2D eigenvalue weighted by Gasteiger charge is -2.09. The van der Waals surface area contributed by atoms with E-state index in [1.54, 1.807) is 43.0 Å². The first-order valence-corrected chi connectivity index (χ1v) is 8.32. The third-order valence-corrected chi connectivity index (χ3v) is 4.02. The number of nitrogens with two attached hydrogens (primary N) is 1. The van der Waals surface area contributed by atoms with Gasteiger partial charge in [-0.1, -0.05) is 0 Å². The van der Waals surface area contributed by atoms with Gasteiger partial charge in [0.1, 0.15) is 11.5 Å². The number of anilines is 3. The topological polar surface area (TPSA) is 110 Å². The number of nitrogens with one attached hydrogen (secondary N) is 2. The van der Waals surface area contributed by atoms with Gasteiger partial charge in [-0.25, -0.2) is 9.97 Å². The first kappa shape index (κ1) is 16.5. The highest BCUT2D eigenvalue weighted by Gasteiger charge is 2.09. The molecule has 0 radical (unpaired) electrons. The summed E-state index contributed by atoms with van der Waals surface area (Å²) < 4.78 is 1.84. The summed E-state index contributed by atoms with van der Waals surface area (Å²) in [5.41, 5.74) is 9.20. The van der Waals surface area contributed by atoms with E-state index < -0.39 is 0 Å². The number of hydrogen-bond acceptors (Lipinski definition) is 6. The number of rotatable bonds is 5. The summed E-state index contributed by atoms with van der Waals surface area (Å²) in [5, 5.41) is 6.03. The lowest BCUT2D eigenvalue weighted by atomic mass is 10.2. The van der Waals surface area contributed by atoms with Crippen LogP contribution in [0.1, 0.15) is 16.2 Å². The highest BCUT2D eigenvalue weighted by atomic mass is 16.1. The molecule has 0 saturated heterocycles. The van der Waals surface area contributed by atoms with Crippen LogP contribution in [0, 0.1) is 0 Å². The number of fused-ring (bicyclic) bond motifs is 1. The van der Waals surface area contributed by atoms with E-state index in [2.05, 4.69) is 25.6 Å². The third-order valence-electron chi connectivity index (χ3n) is 4.02. The van der Waals surface area contributed by atoms with Gasteiger partial charge in [-0.15, -0.1) is 0 Å². The number of nitrogens with zero attached hydrogens (tertiary/aromatic N) is 4. The standard InChI is InChI=1S/C19H17N7O/c20-18-16(4-1-6-22-18)23-11-14-9-13(5-7-21-14)25-19(27)17-10-15-3-2-8-26(15)12-24-17/h1-10,12,23H,11H2,(H2,20,22)(H,21,25,27). The Morgan fingerprint density at radius 1 is 1.07 bits per heavy atom. The molecular weight excluding hydrogens is 342 g/mol. The Bertz CT molecular complexity index is 1110. The number of amides is 1. The second kappa shape index (κ2) is 7.12. The SMILES string of the molecule is Nc1ncccc1NCc1cc(NC(=O)c2cc3cccn3cn2)ccn1. The Labute approximate surface area is 155 Å². The quantitative estimate of drug-likeness (QED) is 0.505. The molecule has 8 nitrogen and oxygen atoms in total. The highest BCUT2D eigenvalue weighted by molar-refractivity contribution is 6.03. The van der Waals surface area contributed by atoms with Crippen molar-refractivity contribution in [2.24, 2.45) is 0 Å². The Morgan fingerprint density at radius 2 is 2.00 bits per heavy atom. The van der Waals surface area contributed by atoms with Crippen LogP contribution in [0.25, 0.3) is 5.52 Å². The molecule has 4 rings (SSSR count). The largest absolute Gasteiger partial charge is 0.382 e. The number of pyridine rings is 2. The Morgan fingerprint density at radius 3 is 2.89 bits per heavy atom. The monoisotopic (exact) mass is 359 g/mol. The zero-order valence-electron chi connectivity index (χ0n) is 14.3. The molecule has 4 aromatic heterocycles. The van der Waals surface area contributed by atoms with Crippen molar-refractivity contribution in [2.75, 3.05) is 16.4 Å². The summed E-state index contributed by atoms with van der Waals surface area (Å²) in [4.78, 5) is 25.0. The van der Waals surface area contributed by atoms with E-state index in [1.807, 2.05) is 28.8 Å². The Hall–Kier alpha value is -3.94. The van der Waals surface area contributed by atoms with Gasteiger partial charge in [0.25, 0.3) is 5.91 Å². The van der Waals surface area contributed by atoms with Crippen LogP contribution in [0.2, 0.25) is 0 Å². The van der Waals surface area contributed by atoms with Gasteiger partial charge in [0, 0.05) is 29.8 Å². The summed E-state index contributed by atoms with van der Waals surface area (Å²) in [6.45, 7) is 0.452. The fourth-order valence-corrected chi connectivity index (χ4v) is 2.66. The average molecular weight is 359 g/mol. The van der Waals surface area contributed by atoms with Gasteiger partial charge in [0.05, 0.1) is 24.3 Å². The van der Waals surface area contributed by atoms with E-state index in [0.717, 1.165) is 16.9 Å². The molecule has 134 valence electrons. The first-order chi connectivity index (χ1) is 13.2. The second-order valence-corrected chi connectivity index (χ2v) is 5.89. The number of hydrogen-bond donors (Lipinski definition) is 3. The zero-order valence-corrected chi connectivity index (χ0v) is 14.3. The van der Waals surface area contributed by atoms with Crippen molar-refractivity contribution in [3.8, 4) is 0 Å². The number of aromatic nitrogens is 4. The molecule has 0 fully saturated rings. The summed E-state index contributed by atoms with van der Waals surface area (Å²) in [6, 6.07) is 12.7. The lowest BCUT2D eigenvalue weighted by Crippen LogP contribution is -2.14. The maximum absolute atomic E-state index is 12.5. The van der Waals surface area contributed by atoms with Gasteiger partial charge in [-0.05, 0) is 42.5 Å². The number of nitrogen functional groups attached to an aromatic ring is 1. The van der Waals surface area contributed by atoms with E-state index in [1.165, 1.54) is 0 Å². The van der Waals surface area contributed by atoms with Crippen LogP contribution in [0.5, 0.6) is 0 Å². The van der Waals surface area contributed by atoms with Crippen molar-refractivity contribution in [1.82, 2.24) is 19.4 Å². The second-order valence-electron chi connectivity index (χ2n) is 5.89. The van der Waals surface area contributed by atoms with Gasteiger partial charge in [0.15, 0.2) is 0 Å². The van der Waals surface area contributed by atoms with Crippen molar-refractivity contribution in [3.05, 3.63) is 78.8 Å². The summed E-state index contributed by atoms with van der Waals surface area (Å²) in [5.74, 6) is 0.147. The zero-order chi connectivity index (χ0) is 18.6. The lowest BCUT2D eigenvalue weighted by molar-refractivity contribution is 0.102. The Balaban J connectivity index is 1.45. The molecule has 1 amide bonds. The first-order valence-electron chi connectivity index (χ1n) is 8.32. The molecule has 8 heteroatoms. The molecule has 0 aliphatic carbocycles. The highest BCUT2D eigenvalue weighted by Crippen LogP contribution is 2.16. The molecule has 4 N–H and O–H groups in total. The molecule has 4 aromatic rings. The van der Waals surface area contributed by atoms with E-state index in [9.17, 15) is 4.79 Å². The summed E-state index contributed by atoms with van der Waals surface area (Å²) >= 11 is 0. The minimum Gasteiger partial charge on any atom is -0.382 e. The van der Waals surface area contributed by atoms with Crippen LogP contribution in [-0.2, 0) is 6.54 Å². The fourth-order valence-electron chi connectivity index (χ4n) is 2.66. The minimum atomic E-state index is -0.277. The molecule has 0 spiro atoms. The summed E-state index contributed by atoms with van der Waals surface area (Å²) in [7, 11) is 0. The molecule has 0 bridgehead atoms. The van der Waals surface area contributed by atoms with Gasteiger partial charge < -0.3 is 20.8 Å². The fraction of sp³-hybridized carbons (Fsp3) is 0.0526. The maximum Gasteiger partial charge on any atom is 0.274 e. The van der Waals surface area contributed by atoms with Crippen LogP contribution in [0.15, 0.2) is 67.4 Å².